The first-order valence-electron chi connectivity index (χ1n) is 8.14. The van der Waals surface area contributed by atoms with E-state index in [4.69, 9.17) is 4.74 Å². The molecule has 21 heavy (non-hydrogen) atoms. The van der Waals surface area contributed by atoms with Crippen molar-refractivity contribution in [2.24, 2.45) is 5.92 Å². The van der Waals surface area contributed by atoms with Crippen molar-refractivity contribution in [2.75, 3.05) is 13.2 Å². The summed E-state index contributed by atoms with van der Waals surface area (Å²) in [4.78, 5) is 0. The lowest BCUT2D eigenvalue weighted by Gasteiger charge is -2.34. The van der Waals surface area contributed by atoms with E-state index in [1.54, 1.807) is 0 Å². The number of benzene rings is 1. The van der Waals surface area contributed by atoms with Gasteiger partial charge in [-0.3, -0.25) is 0 Å². The molecule has 3 nitrogen and oxygen atoms in total. The molecule has 0 heterocycles. The lowest BCUT2D eigenvalue weighted by atomic mass is 9.94. The molecular weight excluding hydrogens is 262 g/mol. The topological polar surface area (TPSA) is 41.5 Å². The van der Waals surface area contributed by atoms with Crippen molar-refractivity contribution in [3.8, 4) is 5.75 Å². The van der Waals surface area contributed by atoms with E-state index in [-0.39, 0.29) is 12.1 Å². The Morgan fingerprint density at radius 1 is 1.14 bits per heavy atom. The van der Waals surface area contributed by atoms with E-state index in [2.05, 4.69) is 38.2 Å². The van der Waals surface area contributed by atoms with Crippen LogP contribution in [0.2, 0.25) is 0 Å². The average molecular weight is 289 g/mol. The summed E-state index contributed by atoms with van der Waals surface area (Å²) in [6.45, 7) is 7.05. The first-order valence-corrected chi connectivity index (χ1v) is 8.14. The predicted octanol–water partition coefficient (Wildman–Crippen LogP) is 2.88. The first kappa shape index (κ1) is 14.9. The van der Waals surface area contributed by atoms with Crippen molar-refractivity contribution in [1.29, 1.82) is 0 Å². The number of aliphatic hydroxyl groups is 1. The van der Waals surface area contributed by atoms with Crippen molar-refractivity contribution in [3.63, 3.8) is 0 Å². The van der Waals surface area contributed by atoms with Crippen LogP contribution < -0.4 is 10.1 Å². The van der Waals surface area contributed by atoms with Crippen LogP contribution in [0, 0.1) is 26.7 Å². The van der Waals surface area contributed by atoms with E-state index < -0.39 is 0 Å². The number of rotatable bonds is 7. The molecular formula is C18H27NO2. The zero-order valence-electron chi connectivity index (χ0n) is 13.4. The fraction of sp³-hybridized carbons (Fsp3) is 0.667. The molecule has 1 atom stereocenters. The van der Waals surface area contributed by atoms with Crippen LogP contribution in [0.4, 0.5) is 0 Å². The van der Waals surface area contributed by atoms with Gasteiger partial charge in [0.2, 0.25) is 0 Å². The minimum absolute atomic E-state index is 0.165. The highest BCUT2D eigenvalue weighted by molar-refractivity contribution is 5.44. The first-order chi connectivity index (χ1) is 10.1. The number of hydrogen-bond acceptors (Lipinski definition) is 3. The van der Waals surface area contributed by atoms with E-state index in [1.807, 2.05) is 0 Å². The van der Waals surface area contributed by atoms with Crippen LogP contribution in [0.25, 0.3) is 0 Å². The van der Waals surface area contributed by atoms with Crippen LogP contribution in [0.3, 0.4) is 0 Å². The highest BCUT2D eigenvalue weighted by Gasteiger charge is 2.48. The van der Waals surface area contributed by atoms with Gasteiger partial charge in [0, 0.05) is 6.04 Å². The molecule has 0 aliphatic heterocycles. The molecule has 2 aliphatic carbocycles. The smallest absolute Gasteiger partial charge is 0.125 e. The van der Waals surface area contributed by atoms with Gasteiger partial charge in [0.1, 0.15) is 12.4 Å². The Bertz CT molecular complexity index is 520. The van der Waals surface area contributed by atoms with Crippen LogP contribution in [0.5, 0.6) is 5.75 Å². The summed E-state index contributed by atoms with van der Waals surface area (Å²) in [6.07, 6.45) is 4.87. The van der Waals surface area contributed by atoms with Crippen molar-refractivity contribution < 1.29 is 9.84 Å². The average Bonchev–Trinajstić information content (AvgIpc) is 3.34. The van der Waals surface area contributed by atoms with Crippen LogP contribution in [0.1, 0.15) is 42.4 Å². The van der Waals surface area contributed by atoms with Gasteiger partial charge >= 0.3 is 0 Å². The molecule has 0 aromatic heterocycles. The molecule has 1 aromatic carbocycles. The fourth-order valence-corrected chi connectivity index (χ4v) is 3.12. The summed E-state index contributed by atoms with van der Waals surface area (Å²) in [6, 6.07) is 4.84. The van der Waals surface area contributed by atoms with Gasteiger partial charge in [-0.1, -0.05) is 12.1 Å². The molecule has 3 heteroatoms. The SMILES string of the molecule is Cc1ccc(C)c(OCC(CO)(NC2CC2)C2CC2)c1C. The van der Waals surface area contributed by atoms with Crippen molar-refractivity contribution >= 4 is 0 Å². The number of ether oxygens (including phenoxy) is 1. The standard InChI is InChI=1S/C18H27NO2/c1-12-4-5-13(2)17(14(12)3)21-11-18(10-20,15-6-7-15)19-16-8-9-16/h4-5,15-16,19-20H,6-11H2,1-3H3. The predicted molar refractivity (Wildman–Crippen MR) is 84.8 cm³/mol. The maximum atomic E-state index is 9.99. The monoisotopic (exact) mass is 289 g/mol. The van der Waals surface area contributed by atoms with Gasteiger partial charge in [-0.25, -0.2) is 0 Å². The number of hydrogen-bond donors (Lipinski definition) is 2. The molecule has 2 N–H and O–H groups in total. The van der Waals surface area contributed by atoms with Gasteiger partial charge in [-0.05, 0) is 69.1 Å². The van der Waals surface area contributed by atoms with Crippen LogP contribution in [0.15, 0.2) is 12.1 Å². The Hall–Kier alpha value is -1.06. The third-order valence-corrected chi connectivity index (χ3v) is 5.06. The Balaban J connectivity index is 1.76. The molecule has 2 aliphatic rings. The summed E-state index contributed by atoms with van der Waals surface area (Å²) in [5.74, 6) is 1.56. The van der Waals surface area contributed by atoms with Gasteiger partial charge in [0.15, 0.2) is 0 Å². The summed E-state index contributed by atoms with van der Waals surface area (Å²) >= 11 is 0. The molecule has 0 radical (unpaired) electrons. The summed E-state index contributed by atoms with van der Waals surface area (Å²) in [7, 11) is 0. The van der Waals surface area contributed by atoms with Crippen molar-refractivity contribution in [1.82, 2.24) is 5.32 Å². The van der Waals surface area contributed by atoms with E-state index >= 15 is 0 Å². The highest BCUT2D eigenvalue weighted by Crippen LogP contribution is 2.42. The number of nitrogens with one attached hydrogen (secondary N) is 1. The lowest BCUT2D eigenvalue weighted by molar-refractivity contribution is 0.0825. The molecule has 0 saturated heterocycles. The maximum absolute atomic E-state index is 9.99. The molecule has 3 rings (SSSR count). The third kappa shape index (κ3) is 3.09. The van der Waals surface area contributed by atoms with E-state index in [0.29, 0.717) is 18.6 Å². The van der Waals surface area contributed by atoms with E-state index in [0.717, 1.165) is 5.75 Å². The molecule has 2 saturated carbocycles. The lowest BCUT2D eigenvalue weighted by Crippen LogP contribution is -2.56. The maximum Gasteiger partial charge on any atom is 0.125 e. The fourth-order valence-electron chi connectivity index (χ4n) is 3.12. The zero-order chi connectivity index (χ0) is 15.0. The second-order valence-corrected chi connectivity index (χ2v) is 6.95. The molecule has 2 fully saturated rings. The minimum Gasteiger partial charge on any atom is -0.491 e. The highest BCUT2D eigenvalue weighted by atomic mass is 16.5. The molecule has 0 bridgehead atoms. The summed E-state index contributed by atoms with van der Waals surface area (Å²) in [5, 5.41) is 13.7. The van der Waals surface area contributed by atoms with E-state index in [1.165, 1.54) is 42.4 Å². The number of aliphatic hydroxyl groups excluding tert-OH is 1. The molecule has 1 unspecified atom stereocenters. The Morgan fingerprint density at radius 2 is 1.81 bits per heavy atom. The zero-order valence-corrected chi connectivity index (χ0v) is 13.4. The van der Waals surface area contributed by atoms with Crippen LogP contribution in [-0.4, -0.2) is 29.9 Å². The number of aryl methyl sites for hydroxylation is 2. The normalized spacial score (nSPS) is 21.1. The van der Waals surface area contributed by atoms with Gasteiger partial charge in [-0.2, -0.15) is 0 Å². The van der Waals surface area contributed by atoms with Gasteiger partial charge in [-0.15, -0.1) is 0 Å². The summed E-state index contributed by atoms with van der Waals surface area (Å²) in [5.41, 5.74) is 3.40. The van der Waals surface area contributed by atoms with E-state index in [9.17, 15) is 5.11 Å². The van der Waals surface area contributed by atoms with Crippen molar-refractivity contribution in [3.05, 3.63) is 28.8 Å². The van der Waals surface area contributed by atoms with Crippen molar-refractivity contribution in [2.45, 2.75) is 58.0 Å². The third-order valence-electron chi connectivity index (χ3n) is 5.06. The van der Waals surface area contributed by atoms with Gasteiger partial charge in [0.05, 0.1) is 12.1 Å². The molecule has 0 spiro atoms. The molecule has 1 aromatic rings. The Labute approximate surface area is 127 Å². The minimum atomic E-state index is -0.246. The van der Waals surface area contributed by atoms with Crippen LogP contribution >= 0.6 is 0 Å². The quantitative estimate of drug-likeness (QED) is 0.811. The second-order valence-electron chi connectivity index (χ2n) is 6.95. The second kappa shape index (κ2) is 5.62. The largest absolute Gasteiger partial charge is 0.491 e. The van der Waals surface area contributed by atoms with Gasteiger partial charge in [0.25, 0.3) is 0 Å². The Morgan fingerprint density at radius 3 is 2.38 bits per heavy atom. The Kier molecular flexibility index (Phi) is 3.98. The van der Waals surface area contributed by atoms with Crippen LogP contribution in [-0.2, 0) is 0 Å². The summed E-state index contributed by atoms with van der Waals surface area (Å²) < 4.78 is 6.21. The molecule has 0 amide bonds. The van der Waals surface area contributed by atoms with Gasteiger partial charge < -0.3 is 15.2 Å². The molecule has 116 valence electrons.